The molecule has 226 valence electrons. The van der Waals surface area contributed by atoms with Crippen LogP contribution < -0.4 is 19.8 Å². The summed E-state index contributed by atoms with van der Waals surface area (Å²) in [5.74, 6) is -3.96. The quantitative estimate of drug-likeness (QED) is 0.220. The molecule has 2 aliphatic heterocycles. The van der Waals surface area contributed by atoms with Crippen LogP contribution >= 0.6 is 23.1 Å². The van der Waals surface area contributed by atoms with Crippen molar-refractivity contribution in [2.75, 3.05) is 17.3 Å². The number of aromatic nitrogens is 1. The average Bonchev–Trinajstić information content (AvgIpc) is 3.43. The Hall–Kier alpha value is -4.43. The molecule has 0 radical (unpaired) electrons. The first-order valence-corrected chi connectivity index (χ1v) is 14.8. The zero-order valence-electron chi connectivity index (χ0n) is 22.6. The highest BCUT2D eigenvalue weighted by atomic mass is 32.2. The first-order valence-electron chi connectivity index (χ1n) is 13.1. The van der Waals surface area contributed by atoms with Gasteiger partial charge in [0.1, 0.15) is 23.4 Å². The molecule has 44 heavy (non-hydrogen) atoms. The van der Waals surface area contributed by atoms with Gasteiger partial charge in [-0.2, -0.15) is 13.2 Å². The number of hydrogen-bond acceptors (Lipinski definition) is 7. The van der Waals surface area contributed by atoms with Gasteiger partial charge in [-0.3, -0.25) is 23.7 Å². The van der Waals surface area contributed by atoms with Gasteiger partial charge in [0.15, 0.2) is 0 Å². The second-order valence-corrected chi connectivity index (χ2v) is 12.1. The van der Waals surface area contributed by atoms with Gasteiger partial charge in [0, 0.05) is 16.4 Å². The Morgan fingerprint density at radius 3 is 2.34 bits per heavy atom. The number of fused-ring (bicyclic) bond motifs is 2. The number of thiazole rings is 1. The van der Waals surface area contributed by atoms with Crippen LogP contribution in [0.1, 0.15) is 21.9 Å². The summed E-state index contributed by atoms with van der Waals surface area (Å²) in [7, 11) is 1.44. The molecule has 0 spiro atoms. The molecule has 3 amide bonds. The van der Waals surface area contributed by atoms with Crippen molar-refractivity contribution in [1.82, 2.24) is 4.57 Å². The lowest BCUT2D eigenvalue weighted by atomic mass is 9.82. The Labute approximate surface area is 255 Å². The van der Waals surface area contributed by atoms with Crippen LogP contribution in [0.25, 0.3) is 0 Å². The Balaban J connectivity index is 1.42. The number of hydrogen-bond donors (Lipinski definition) is 1. The highest BCUT2D eigenvalue weighted by Gasteiger charge is 2.57. The molecule has 2 aliphatic rings. The van der Waals surface area contributed by atoms with Crippen molar-refractivity contribution in [3.8, 4) is 5.75 Å². The normalized spacial score (nSPS) is 19.5. The van der Waals surface area contributed by atoms with Crippen molar-refractivity contribution in [2.24, 2.45) is 5.92 Å². The van der Waals surface area contributed by atoms with E-state index in [2.05, 4.69) is 5.32 Å². The Morgan fingerprint density at radius 2 is 1.64 bits per heavy atom. The maximum atomic E-state index is 13.9. The van der Waals surface area contributed by atoms with Crippen LogP contribution in [0.4, 0.5) is 28.9 Å². The molecule has 3 heterocycles. The second-order valence-electron chi connectivity index (χ2n) is 9.99. The third-order valence-corrected chi connectivity index (χ3v) is 10.0. The van der Waals surface area contributed by atoms with Crippen LogP contribution in [0.3, 0.4) is 0 Å². The van der Waals surface area contributed by atoms with E-state index in [0.29, 0.717) is 16.2 Å². The van der Waals surface area contributed by atoms with Crippen molar-refractivity contribution in [2.45, 2.75) is 28.9 Å². The molecule has 1 saturated heterocycles. The Bertz CT molecular complexity index is 1850. The van der Waals surface area contributed by atoms with Crippen molar-refractivity contribution in [3.63, 3.8) is 0 Å². The van der Waals surface area contributed by atoms with Gasteiger partial charge in [0.05, 0.1) is 35.0 Å². The topological polar surface area (TPSA) is 97.7 Å². The number of ether oxygens (including phenoxy) is 1. The molecule has 4 aromatic rings. The van der Waals surface area contributed by atoms with Gasteiger partial charge in [-0.25, -0.2) is 9.29 Å². The SMILES string of the molecule is COc1ccccc1[C@@H]1c2sc(=O)n(CC(=O)Nc3ccccc3C(F)(F)F)c2S[C@H]2C(=O)N(c3ccc(F)cc3)C(=O)[C@@H]12. The van der Waals surface area contributed by atoms with Crippen molar-refractivity contribution in [3.05, 3.63) is 104 Å². The number of halogens is 4. The van der Waals surface area contributed by atoms with Crippen LogP contribution in [0.15, 0.2) is 82.6 Å². The van der Waals surface area contributed by atoms with Crippen molar-refractivity contribution in [1.29, 1.82) is 0 Å². The summed E-state index contributed by atoms with van der Waals surface area (Å²) in [6.45, 7) is -0.635. The fourth-order valence-corrected chi connectivity index (χ4v) is 8.30. The summed E-state index contributed by atoms with van der Waals surface area (Å²) in [6, 6.07) is 16.2. The number of rotatable bonds is 6. The van der Waals surface area contributed by atoms with Gasteiger partial charge < -0.3 is 10.1 Å². The molecule has 0 bridgehead atoms. The average molecular weight is 644 g/mol. The van der Waals surface area contributed by atoms with E-state index >= 15 is 0 Å². The van der Waals surface area contributed by atoms with E-state index in [1.807, 2.05) is 0 Å². The van der Waals surface area contributed by atoms with Gasteiger partial charge in [-0.15, -0.1) is 0 Å². The maximum Gasteiger partial charge on any atom is 0.418 e. The number of nitrogens with one attached hydrogen (secondary N) is 1. The molecule has 3 aromatic carbocycles. The standard InChI is InChI=1S/C30H21F4N3O5S2/c1-42-20-9-5-2-6-17(20)22-23-24(27(40)37(26(23)39)16-12-10-15(31)11-13-16)43-28-25(22)44-29(41)36(28)14-21(38)35-19-8-4-3-7-18(19)30(32,33)34/h2-13,22-24H,14H2,1H3,(H,35,38)/t22-,23-,24+/m0/s1. The van der Waals surface area contributed by atoms with E-state index in [-0.39, 0.29) is 10.7 Å². The molecule has 6 rings (SSSR count). The van der Waals surface area contributed by atoms with E-state index in [4.69, 9.17) is 4.74 Å². The molecular weight excluding hydrogens is 622 g/mol. The Kier molecular flexibility index (Phi) is 7.58. The molecule has 1 N–H and O–H groups in total. The first kappa shape index (κ1) is 29.6. The number of thioether (sulfide) groups is 1. The summed E-state index contributed by atoms with van der Waals surface area (Å²) >= 11 is 1.73. The van der Waals surface area contributed by atoms with Crippen LogP contribution in [0.5, 0.6) is 5.75 Å². The zero-order chi connectivity index (χ0) is 31.3. The number of carbonyl (C=O) groups excluding carboxylic acids is 3. The number of anilines is 2. The van der Waals surface area contributed by atoms with Gasteiger partial charge >= 0.3 is 11.0 Å². The highest BCUT2D eigenvalue weighted by molar-refractivity contribution is 8.00. The van der Waals surface area contributed by atoms with Gasteiger partial charge in [-0.05, 0) is 42.5 Å². The molecule has 14 heteroatoms. The summed E-state index contributed by atoms with van der Waals surface area (Å²) in [5.41, 5.74) is -0.796. The lowest BCUT2D eigenvalue weighted by Gasteiger charge is -2.31. The molecule has 0 saturated carbocycles. The summed E-state index contributed by atoms with van der Waals surface area (Å²) < 4.78 is 60.8. The molecule has 0 aliphatic carbocycles. The third-order valence-electron chi connectivity index (χ3n) is 7.42. The molecule has 8 nitrogen and oxygen atoms in total. The predicted octanol–water partition coefficient (Wildman–Crippen LogP) is 5.51. The monoisotopic (exact) mass is 643 g/mol. The maximum absolute atomic E-state index is 13.9. The molecule has 3 atom stereocenters. The molecule has 1 aromatic heterocycles. The van der Waals surface area contributed by atoms with E-state index in [0.717, 1.165) is 56.8 Å². The van der Waals surface area contributed by atoms with Crippen LogP contribution in [-0.2, 0) is 27.1 Å². The summed E-state index contributed by atoms with van der Waals surface area (Å²) in [5, 5.41) is 1.47. The van der Waals surface area contributed by atoms with Crippen molar-refractivity contribution >= 4 is 52.2 Å². The third kappa shape index (κ3) is 5.07. The Morgan fingerprint density at radius 1 is 0.955 bits per heavy atom. The fraction of sp³-hybridized carbons (Fsp3) is 0.200. The predicted molar refractivity (Wildman–Crippen MR) is 156 cm³/mol. The minimum absolute atomic E-state index is 0.179. The molecular formula is C30H21F4N3O5S2. The molecule has 1 fully saturated rings. The van der Waals surface area contributed by atoms with Crippen LogP contribution in [0.2, 0.25) is 0 Å². The van der Waals surface area contributed by atoms with E-state index < -0.39 is 69.5 Å². The number of benzene rings is 3. The lowest BCUT2D eigenvalue weighted by molar-refractivity contribution is -0.137. The number of carbonyl (C=O) groups is 3. The lowest BCUT2D eigenvalue weighted by Crippen LogP contribution is -2.33. The fourth-order valence-electron chi connectivity index (χ4n) is 5.53. The summed E-state index contributed by atoms with van der Waals surface area (Å²) in [6.07, 6.45) is -4.72. The van der Waals surface area contributed by atoms with Crippen molar-refractivity contribution < 1.29 is 36.7 Å². The second kappa shape index (κ2) is 11.2. The van der Waals surface area contributed by atoms with E-state index in [9.17, 15) is 36.7 Å². The van der Waals surface area contributed by atoms with Gasteiger partial charge in [0.25, 0.3) is 0 Å². The van der Waals surface area contributed by atoms with Crippen LogP contribution in [0, 0.1) is 11.7 Å². The number of imide groups is 1. The van der Waals surface area contributed by atoms with E-state index in [1.54, 1.807) is 24.3 Å². The highest BCUT2D eigenvalue weighted by Crippen LogP contribution is 2.55. The number of alkyl halides is 3. The smallest absolute Gasteiger partial charge is 0.418 e. The minimum Gasteiger partial charge on any atom is -0.496 e. The van der Waals surface area contributed by atoms with Gasteiger partial charge in [0.2, 0.25) is 17.7 Å². The minimum atomic E-state index is -4.72. The van der Waals surface area contributed by atoms with E-state index in [1.165, 1.54) is 31.4 Å². The number of methoxy groups -OCH3 is 1. The first-order chi connectivity index (χ1) is 21.0. The number of amides is 3. The summed E-state index contributed by atoms with van der Waals surface area (Å²) in [4.78, 5) is 54.9. The largest absolute Gasteiger partial charge is 0.496 e. The zero-order valence-corrected chi connectivity index (χ0v) is 24.3. The van der Waals surface area contributed by atoms with Gasteiger partial charge in [-0.1, -0.05) is 53.4 Å². The number of para-hydroxylation sites is 2. The molecule has 0 unspecified atom stereocenters. The number of nitrogens with zero attached hydrogens (tertiary/aromatic N) is 2. The van der Waals surface area contributed by atoms with Crippen LogP contribution in [-0.4, -0.2) is 34.6 Å².